The van der Waals surface area contributed by atoms with Crippen molar-refractivity contribution in [3.8, 4) is 0 Å². The van der Waals surface area contributed by atoms with E-state index in [1.54, 1.807) is 17.4 Å². The first-order valence-corrected chi connectivity index (χ1v) is 5.84. The molecule has 0 aliphatic heterocycles. The van der Waals surface area contributed by atoms with Gasteiger partial charge >= 0.3 is 0 Å². The average molecular weight is 222 g/mol. The number of aromatic nitrogens is 1. The third-order valence-electron chi connectivity index (χ3n) is 3.02. The van der Waals surface area contributed by atoms with E-state index in [-0.39, 0.29) is 11.4 Å². The van der Waals surface area contributed by atoms with E-state index in [4.69, 9.17) is 5.73 Å². The first kappa shape index (κ1) is 9.24. The Morgan fingerprint density at radius 2 is 2.20 bits per heavy atom. The predicted molar refractivity (Wildman–Crippen MR) is 59.3 cm³/mol. The van der Waals surface area contributed by atoms with Gasteiger partial charge in [0.05, 0.1) is 15.8 Å². The summed E-state index contributed by atoms with van der Waals surface area (Å²) in [4.78, 5) is 4.42. The third-order valence-corrected chi connectivity index (χ3v) is 4.28. The Kier molecular flexibility index (Phi) is 1.85. The largest absolute Gasteiger partial charge is 0.319 e. The van der Waals surface area contributed by atoms with Crippen LogP contribution in [0, 0.1) is 5.82 Å². The summed E-state index contributed by atoms with van der Waals surface area (Å²) in [5.41, 5.74) is 6.67. The molecule has 3 rings (SSSR count). The van der Waals surface area contributed by atoms with E-state index >= 15 is 0 Å². The van der Waals surface area contributed by atoms with Crippen molar-refractivity contribution >= 4 is 21.6 Å². The van der Waals surface area contributed by atoms with Crippen molar-refractivity contribution in [3.63, 3.8) is 0 Å². The number of benzene rings is 1. The van der Waals surface area contributed by atoms with E-state index in [1.165, 1.54) is 18.6 Å². The smallest absolute Gasteiger partial charge is 0.125 e. The number of nitrogens with two attached hydrogens (primary N) is 1. The number of nitrogens with zero attached hydrogens (tertiary/aromatic N) is 1. The Morgan fingerprint density at radius 3 is 2.87 bits per heavy atom. The molecule has 4 heteroatoms. The van der Waals surface area contributed by atoms with Gasteiger partial charge in [-0.2, -0.15) is 0 Å². The van der Waals surface area contributed by atoms with Gasteiger partial charge in [0.2, 0.25) is 0 Å². The minimum atomic E-state index is -0.237. The van der Waals surface area contributed by atoms with Gasteiger partial charge in [-0.15, -0.1) is 11.3 Å². The van der Waals surface area contributed by atoms with E-state index in [0.717, 1.165) is 28.1 Å². The molecule has 0 saturated heterocycles. The molecule has 0 spiro atoms. The van der Waals surface area contributed by atoms with Gasteiger partial charge in [-0.25, -0.2) is 9.37 Å². The Hall–Kier alpha value is -1.00. The second-order valence-corrected chi connectivity index (χ2v) is 5.17. The van der Waals surface area contributed by atoms with Crippen molar-refractivity contribution in [2.45, 2.75) is 24.8 Å². The van der Waals surface area contributed by atoms with Gasteiger partial charge in [0.1, 0.15) is 10.8 Å². The van der Waals surface area contributed by atoms with Crippen LogP contribution in [-0.2, 0) is 5.54 Å². The average Bonchev–Trinajstić information content (AvgIpc) is 2.57. The van der Waals surface area contributed by atoms with Crippen molar-refractivity contribution < 1.29 is 4.39 Å². The fourth-order valence-corrected chi connectivity index (χ4v) is 2.99. The highest BCUT2D eigenvalue weighted by molar-refractivity contribution is 7.18. The molecule has 0 atom stereocenters. The van der Waals surface area contributed by atoms with E-state index < -0.39 is 0 Å². The van der Waals surface area contributed by atoms with E-state index in [1.807, 2.05) is 0 Å². The number of halogens is 1. The third kappa shape index (κ3) is 1.36. The second-order valence-electron chi connectivity index (χ2n) is 4.14. The highest BCUT2D eigenvalue weighted by atomic mass is 32.1. The quantitative estimate of drug-likeness (QED) is 0.805. The summed E-state index contributed by atoms with van der Waals surface area (Å²) in [7, 11) is 0. The Labute approximate surface area is 90.9 Å². The zero-order valence-electron chi connectivity index (χ0n) is 8.16. The molecule has 78 valence electrons. The first-order chi connectivity index (χ1) is 7.17. The molecular weight excluding hydrogens is 211 g/mol. The number of rotatable bonds is 1. The van der Waals surface area contributed by atoms with E-state index in [0.29, 0.717) is 0 Å². The van der Waals surface area contributed by atoms with E-state index in [9.17, 15) is 4.39 Å². The number of hydrogen-bond acceptors (Lipinski definition) is 3. The highest BCUT2D eigenvalue weighted by Crippen LogP contribution is 2.41. The second kappa shape index (κ2) is 3.00. The van der Waals surface area contributed by atoms with Crippen LogP contribution in [0.3, 0.4) is 0 Å². The summed E-state index contributed by atoms with van der Waals surface area (Å²) in [6.07, 6.45) is 3.16. The molecule has 1 heterocycles. The lowest BCUT2D eigenvalue weighted by atomic mass is 9.78. The molecule has 0 radical (unpaired) electrons. The summed E-state index contributed by atoms with van der Waals surface area (Å²) < 4.78 is 14.0. The Balaban J connectivity index is 2.14. The summed E-state index contributed by atoms with van der Waals surface area (Å²) >= 11 is 1.59. The molecule has 2 N–H and O–H groups in total. The molecule has 1 saturated carbocycles. The molecule has 1 fully saturated rings. The zero-order valence-corrected chi connectivity index (χ0v) is 8.98. The first-order valence-electron chi connectivity index (χ1n) is 5.03. The van der Waals surface area contributed by atoms with Crippen molar-refractivity contribution in [3.05, 3.63) is 29.0 Å². The van der Waals surface area contributed by atoms with Crippen molar-refractivity contribution in [1.82, 2.24) is 4.98 Å². The van der Waals surface area contributed by atoms with Gasteiger partial charge in [0.15, 0.2) is 0 Å². The lowest BCUT2D eigenvalue weighted by Gasteiger charge is -2.35. The van der Waals surface area contributed by atoms with Crippen molar-refractivity contribution in [1.29, 1.82) is 0 Å². The maximum absolute atomic E-state index is 13.0. The predicted octanol–water partition coefficient (Wildman–Crippen LogP) is 2.77. The lowest BCUT2D eigenvalue weighted by molar-refractivity contribution is 0.253. The molecular formula is C11H11FN2S. The van der Waals surface area contributed by atoms with Crippen LogP contribution in [0.15, 0.2) is 18.2 Å². The van der Waals surface area contributed by atoms with Crippen molar-refractivity contribution in [2.24, 2.45) is 5.73 Å². The minimum absolute atomic E-state index is 0.236. The SMILES string of the molecule is NC1(c2nc3cc(F)ccc3s2)CCC1. The molecule has 2 nitrogen and oxygen atoms in total. The summed E-state index contributed by atoms with van der Waals surface area (Å²) in [5, 5.41) is 0.953. The molecule has 1 aliphatic carbocycles. The van der Waals surface area contributed by atoms with Crippen LogP contribution < -0.4 is 5.73 Å². The van der Waals surface area contributed by atoms with Crippen LogP contribution in [0.25, 0.3) is 10.2 Å². The van der Waals surface area contributed by atoms with Crippen LogP contribution in [0.4, 0.5) is 4.39 Å². The van der Waals surface area contributed by atoms with E-state index in [2.05, 4.69) is 4.98 Å². The maximum Gasteiger partial charge on any atom is 0.125 e. The molecule has 0 bridgehead atoms. The van der Waals surface area contributed by atoms with Gasteiger partial charge in [-0.1, -0.05) is 0 Å². The molecule has 0 amide bonds. The standard InChI is InChI=1S/C11H11FN2S/c12-7-2-3-9-8(6-7)14-10(15-9)11(13)4-1-5-11/h2-3,6H,1,4-5,13H2. The number of fused-ring (bicyclic) bond motifs is 1. The Morgan fingerprint density at radius 1 is 1.40 bits per heavy atom. The number of thiazole rings is 1. The van der Waals surface area contributed by atoms with Crippen LogP contribution in [-0.4, -0.2) is 4.98 Å². The maximum atomic E-state index is 13.0. The monoisotopic (exact) mass is 222 g/mol. The highest BCUT2D eigenvalue weighted by Gasteiger charge is 2.37. The summed E-state index contributed by atoms with van der Waals surface area (Å²) in [5.74, 6) is -0.237. The molecule has 15 heavy (non-hydrogen) atoms. The van der Waals surface area contributed by atoms with Crippen LogP contribution in [0.2, 0.25) is 0 Å². The van der Waals surface area contributed by atoms with Crippen LogP contribution >= 0.6 is 11.3 Å². The fourth-order valence-electron chi connectivity index (χ4n) is 1.89. The fraction of sp³-hybridized carbons (Fsp3) is 0.364. The van der Waals surface area contributed by atoms with Crippen molar-refractivity contribution in [2.75, 3.05) is 0 Å². The zero-order chi connectivity index (χ0) is 10.5. The summed E-state index contributed by atoms with van der Waals surface area (Å²) in [6, 6.07) is 4.71. The van der Waals surface area contributed by atoms with Gasteiger partial charge in [0.25, 0.3) is 0 Å². The molecule has 1 aliphatic rings. The van der Waals surface area contributed by atoms with Gasteiger partial charge in [-0.3, -0.25) is 0 Å². The minimum Gasteiger partial charge on any atom is -0.319 e. The molecule has 1 aromatic heterocycles. The lowest BCUT2D eigenvalue weighted by Crippen LogP contribution is -2.43. The van der Waals surface area contributed by atoms with Gasteiger partial charge in [-0.05, 0) is 31.4 Å². The van der Waals surface area contributed by atoms with Gasteiger partial charge in [0, 0.05) is 6.07 Å². The molecule has 1 aromatic carbocycles. The van der Waals surface area contributed by atoms with Gasteiger partial charge < -0.3 is 5.73 Å². The van der Waals surface area contributed by atoms with Crippen LogP contribution in [0.5, 0.6) is 0 Å². The molecule has 2 aromatic rings. The topological polar surface area (TPSA) is 38.9 Å². The summed E-state index contributed by atoms with van der Waals surface area (Å²) in [6.45, 7) is 0. The molecule has 0 unspecified atom stereocenters. The van der Waals surface area contributed by atoms with Crippen LogP contribution in [0.1, 0.15) is 24.3 Å². The Bertz CT molecular complexity index is 516. The number of hydrogen-bond donors (Lipinski definition) is 1. The normalized spacial score (nSPS) is 19.1.